The zero-order chi connectivity index (χ0) is 19.6. The molecule has 4 fully saturated rings. The molecule has 150 valence electrons. The fourth-order valence-corrected chi connectivity index (χ4v) is 7.73. The Morgan fingerprint density at radius 2 is 1.74 bits per heavy atom. The van der Waals surface area contributed by atoms with Crippen molar-refractivity contribution in [3.63, 3.8) is 0 Å². The lowest BCUT2D eigenvalue weighted by molar-refractivity contribution is -0.164. The number of rotatable bonds is 2. The van der Waals surface area contributed by atoms with Gasteiger partial charge in [-0.1, -0.05) is 13.8 Å². The van der Waals surface area contributed by atoms with Crippen LogP contribution in [0.4, 0.5) is 0 Å². The summed E-state index contributed by atoms with van der Waals surface area (Å²) < 4.78 is 5.71. The summed E-state index contributed by atoms with van der Waals surface area (Å²) in [5.74, 6) is 0.941. The van der Waals surface area contributed by atoms with Crippen molar-refractivity contribution in [2.24, 2.45) is 46.2 Å². The first kappa shape index (κ1) is 18.9. The Hall–Kier alpha value is -1.39. The highest BCUT2D eigenvalue weighted by Crippen LogP contribution is 2.66. The Balaban J connectivity index is 1.60. The Morgan fingerprint density at radius 3 is 2.41 bits per heavy atom. The van der Waals surface area contributed by atoms with Crippen molar-refractivity contribution in [3.8, 4) is 0 Å². The second-order valence-electron chi connectivity index (χ2n) is 10.2. The topological polar surface area (TPSA) is 86.5 Å². The van der Waals surface area contributed by atoms with E-state index in [9.17, 15) is 14.4 Å². The predicted octanol–water partition coefficient (Wildman–Crippen LogP) is 3.24. The predicted molar refractivity (Wildman–Crippen MR) is 100 cm³/mol. The first-order valence-electron chi connectivity index (χ1n) is 10.7. The average molecular weight is 376 g/mol. The van der Waals surface area contributed by atoms with Gasteiger partial charge in [-0.3, -0.25) is 14.4 Å². The molecule has 0 heterocycles. The van der Waals surface area contributed by atoms with Crippen LogP contribution in [-0.4, -0.2) is 23.8 Å². The van der Waals surface area contributed by atoms with Gasteiger partial charge in [0.05, 0.1) is 5.92 Å². The Morgan fingerprint density at radius 1 is 1.04 bits per heavy atom. The van der Waals surface area contributed by atoms with Crippen LogP contribution in [0.2, 0.25) is 0 Å². The fraction of sp³-hybridized carbons (Fsp3) is 0.864. The molecule has 0 aromatic rings. The van der Waals surface area contributed by atoms with Gasteiger partial charge in [-0.05, 0) is 74.0 Å². The van der Waals surface area contributed by atoms with Crippen molar-refractivity contribution < 1.29 is 19.1 Å². The molecule has 5 heteroatoms. The lowest BCUT2D eigenvalue weighted by Crippen LogP contribution is -2.56. The van der Waals surface area contributed by atoms with Crippen molar-refractivity contribution in [3.05, 3.63) is 0 Å². The number of esters is 1. The number of primary amides is 1. The Kier molecular flexibility index (Phi) is 4.43. The molecule has 4 rings (SSSR count). The summed E-state index contributed by atoms with van der Waals surface area (Å²) in [4.78, 5) is 35.9. The van der Waals surface area contributed by atoms with E-state index >= 15 is 0 Å². The summed E-state index contributed by atoms with van der Waals surface area (Å²) in [6.45, 7) is 6.15. The van der Waals surface area contributed by atoms with E-state index < -0.39 is 11.8 Å². The van der Waals surface area contributed by atoms with Crippen molar-refractivity contribution in [1.82, 2.24) is 0 Å². The monoisotopic (exact) mass is 375 g/mol. The van der Waals surface area contributed by atoms with Gasteiger partial charge in [-0.25, -0.2) is 0 Å². The van der Waals surface area contributed by atoms with E-state index in [4.69, 9.17) is 10.5 Å². The smallest absolute Gasteiger partial charge is 0.302 e. The summed E-state index contributed by atoms with van der Waals surface area (Å²) in [6, 6.07) is 0. The summed E-state index contributed by atoms with van der Waals surface area (Å²) in [7, 11) is 0. The number of hydrogen-bond acceptors (Lipinski definition) is 4. The molecule has 4 aliphatic carbocycles. The first-order chi connectivity index (χ1) is 12.7. The molecule has 4 aliphatic rings. The van der Waals surface area contributed by atoms with Crippen LogP contribution in [-0.2, 0) is 19.1 Å². The van der Waals surface area contributed by atoms with Gasteiger partial charge in [-0.15, -0.1) is 0 Å². The summed E-state index contributed by atoms with van der Waals surface area (Å²) in [5, 5.41) is 0. The molecule has 4 saturated carbocycles. The number of ether oxygens (including phenoxy) is 1. The SMILES string of the molecule is CC(=O)O[C@H]1CC[C@H]2[C@@H]3CCC4CC(=O)[C@H](C(N)=O)C[C@]4(C)[C@H]3CC[C@]12C. The highest BCUT2D eigenvalue weighted by atomic mass is 16.5. The number of ketones is 1. The minimum Gasteiger partial charge on any atom is -0.462 e. The Bertz CT molecular complexity index is 675. The van der Waals surface area contributed by atoms with Crippen LogP contribution < -0.4 is 5.73 Å². The molecular weight excluding hydrogens is 342 g/mol. The maximum absolute atomic E-state index is 12.4. The van der Waals surface area contributed by atoms with E-state index in [-0.39, 0.29) is 28.7 Å². The van der Waals surface area contributed by atoms with Crippen LogP contribution in [0.3, 0.4) is 0 Å². The van der Waals surface area contributed by atoms with Crippen LogP contribution in [0, 0.1) is 40.4 Å². The van der Waals surface area contributed by atoms with Gasteiger partial charge in [0.15, 0.2) is 0 Å². The zero-order valence-corrected chi connectivity index (χ0v) is 16.8. The van der Waals surface area contributed by atoms with Gasteiger partial charge in [0.1, 0.15) is 11.9 Å². The molecule has 8 atom stereocenters. The lowest BCUT2D eigenvalue weighted by Gasteiger charge is -2.60. The summed E-state index contributed by atoms with van der Waals surface area (Å²) in [5.41, 5.74) is 5.67. The second-order valence-corrected chi connectivity index (χ2v) is 10.2. The minimum absolute atomic E-state index is 0.0252. The summed E-state index contributed by atoms with van der Waals surface area (Å²) >= 11 is 0. The molecule has 0 aromatic heterocycles. The largest absolute Gasteiger partial charge is 0.462 e. The molecule has 1 amide bonds. The Labute approximate surface area is 161 Å². The van der Waals surface area contributed by atoms with Gasteiger partial charge < -0.3 is 10.5 Å². The molecular formula is C22H33NO4. The number of amides is 1. The third-order valence-electron chi connectivity index (χ3n) is 9.11. The van der Waals surface area contributed by atoms with Gasteiger partial charge in [0.2, 0.25) is 5.91 Å². The number of carbonyl (C=O) groups is 3. The molecule has 0 aliphatic heterocycles. The molecule has 0 saturated heterocycles. The van der Waals surface area contributed by atoms with E-state index in [1.54, 1.807) is 0 Å². The van der Waals surface area contributed by atoms with E-state index in [0.717, 1.165) is 38.5 Å². The van der Waals surface area contributed by atoms with E-state index in [0.29, 0.717) is 36.5 Å². The van der Waals surface area contributed by atoms with Crippen molar-refractivity contribution in [2.75, 3.05) is 0 Å². The third-order valence-corrected chi connectivity index (χ3v) is 9.11. The van der Waals surface area contributed by atoms with Crippen molar-refractivity contribution in [1.29, 1.82) is 0 Å². The van der Waals surface area contributed by atoms with Gasteiger partial charge in [0.25, 0.3) is 0 Å². The van der Waals surface area contributed by atoms with Crippen LogP contribution >= 0.6 is 0 Å². The molecule has 27 heavy (non-hydrogen) atoms. The number of Topliss-reactive ketones (excluding diaryl/α,β-unsaturated/α-hetero) is 1. The maximum Gasteiger partial charge on any atom is 0.302 e. The van der Waals surface area contributed by atoms with E-state index in [1.807, 2.05) is 0 Å². The molecule has 0 bridgehead atoms. The first-order valence-corrected chi connectivity index (χ1v) is 10.7. The highest BCUT2D eigenvalue weighted by Gasteiger charge is 2.62. The normalized spacial score (nSPS) is 48.9. The number of fused-ring (bicyclic) bond motifs is 5. The molecule has 0 radical (unpaired) electrons. The standard InChI is InChI=1S/C22H33NO4/c1-12(24)27-19-7-6-16-14-5-4-13-10-18(25)15(20(23)26)11-22(13,3)17(14)8-9-21(16,19)2/h13-17,19H,4-11H2,1-3H3,(H2,23,26)/t13?,14-,15+,16-,17-,19-,21-,22-/m0/s1. The van der Waals surface area contributed by atoms with Gasteiger partial charge in [-0.2, -0.15) is 0 Å². The quantitative estimate of drug-likeness (QED) is 0.593. The molecule has 0 spiro atoms. The van der Waals surface area contributed by atoms with E-state index in [2.05, 4.69) is 13.8 Å². The van der Waals surface area contributed by atoms with Crippen molar-refractivity contribution >= 4 is 17.7 Å². The van der Waals surface area contributed by atoms with Gasteiger partial charge in [0, 0.05) is 18.8 Å². The lowest BCUT2D eigenvalue weighted by atomic mass is 9.44. The average Bonchev–Trinajstić information content (AvgIpc) is 2.91. The minimum atomic E-state index is -0.601. The van der Waals surface area contributed by atoms with Crippen LogP contribution in [0.15, 0.2) is 0 Å². The van der Waals surface area contributed by atoms with E-state index in [1.165, 1.54) is 6.92 Å². The molecule has 2 N–H and O–H groups in total. The number of nitrogens with two attached hydrogens (primary N) is 1. The van der Waals surface area contributed by atoms with Crippen LogP contribution in [0.25, 0.3) is 0 Å². The second kappa shape index (κ2) is 6.31. The van der Waals surface area contributed by atoms with Crippen LogP contribution in [0.5, 0.6) is 0 Å². The number of carbonyl (C=O) groups excluding carboxylic acids is 3. The number of hydrogen-bond donors (Lipinski definition) is 1. The van der Waals surface area contributed by atoms with Crippen LogP contribution in [0.1, 0.15) is 72.1 Å². The van der Waals surface area contributed by atoms with Crippen molar-refractivity contribution in [2.45, 2.75) is 78.2 Å². The molecule has 5 nitrogen and oxygen atoms in total. The molecule has 0 aromatic carbocycles. The van der Waals surface area contributed by atoms with Gasteiger partial charge >= 0.3 is 5.97 Å². The summed E-state index contributed by atoms with van der Waals surface area (Å²) in [6.07, 6.45) is 7.66. The highest BCUT2D eigenvalue weighted by molar-refractivity contribution is 6.01. The zero-order valence-electron chi connectivity index (χ0n) is 16.8. The third kappa shape index (κ3) is 2.75. The molecule has 1 unspecified atom stereocenters. The fourth-order valence-electron chi connectivity index (χ4n) is 7.73. The maximum atomic E-state index is 12.4.